The topological polar surface area (TPSA) is 78.9 Å². The van der Waals surface area contributed by atoms with Gasteiger partial charge in [0.2, 0.25) is 0 Å². The maximum absolute atomic E-state index is 12.9. The van der Waals surface area contributed by atoms with Gasteiger partial charge >= 0.3 is 17.9 Å². The molecule has 80 heavy (non-hydrogen) atoms. The van der Waals surface area contributed by atoms with E-state index < -0.39 is 6.10 Å². The Labute approximate surface area is 495 Å². The molecule has 0 aliphatic heterocycles. The van der Waals surface area contributed by atoms with E-state index >= 15 is 0 Å². The fourth-order valence-corrected chi connectivity index (χ4v) is 9.45. The summed E-state index contributed by atoms with van der Waals surface area (Å²) in [5, 5.41) is 0. The Bertz CT molecular complexity index is 1610. The van der Waals surface area contributed by atoms with Gasteiger partial charge in [-0.05, 0) is 109 Å². The van der Waals surface area contributed by atoms with Gasteiger partial charge in [-0.3, -0.25) is 14.4 Å². The number of rotatable bonds is 61. The molecule has 0 aliphatic rings. The van der Waals surface area contributed by atoms with Crippen molar-refractivity contribution >= 4 is 17.9 Å². The second-order valence-corrected chi connectivity index (χ2v) is 22.4. The third-order valence-electron chi connectivity index (χ3n) is 14.5. The van der Waals surface area contributed by atoms with E-state index in [1.165, 1.54) is 173 Å². The molecule has 458 valence electrons. The molecule has 0 fully saturated rings. The number of esters is 3. The normalized spacial score (nSPS) is 12.8. The van der Waals surface area contributed by atoms with Gasteiger partial charge in [0.25, 0.3) is 0 Å². The van der Waals surface area contributed by atoms with E-state index in [-0.39, 0.29) is 31.1 Å². The molecule has 1 atom stereocenters. The maximum atomic E-state index is 12.9. The van der Waals surface area contributed by atoms with E-state index in [0.29, 0.717) is 19.3 Å². The Morgan fingerprint density at radius 2 is 0.487 bits per heavy atom. The molecule has 0 N–H and O–H groups in total. The molecule has 0 bridgehead atoms. The Balaban J connectivity index is 4.08. The van der Waals surface area contributed by atoms with Crippen molar-refractivity contribution in [2.24, 2.45) is 0 Å². The van der Waals surface area contributed by atoms with Crippen molar-refractivity contribution in [1.82, 2.24) is 0 Å². The van der Waals surface area contributed by atoms with Crippen LogP contribution in [0.1, 0.15) is 323 Å². The molecule has 0 aromatic rings. The van der Waals surface area contributed by atoms with Crippen molar-refractivity contribution < 1.29 is 28.6 Å². The second-order valence-electron chi connectivity index (χ2n) is 22.4. The molecule has 0 radical (unpaired) electrons. The van der Waals surface area contributed by atoms with E-state index in [0.717, 1.165) is 109 Å². The first-order valence-electron chi connectivity index (χ1n) is 33.9. The number of unbranched alkanes of at least 4 members (excludes halogenated alkanes) is 32. The van der Waals surface area contributed by atoms with E-state index in [4.69, 9.17) is 14.2 Å². The van der Waals surface area contributed by atoms with Crippen LogP contribution in [0.15, 0.2) is 109 Å². The van der Waals surface area contributed by atoms with E-state index in [1.807, 2.05) is 0 Å². The number of carbonyl (C=O) groups excluding carboxylic acids is 3. The lowest BCUT2D eigenvalue weighted by molar-refractivity contribution is -0.167. The highest BCUT2D eigenvalue weighted by Crippen LogP contribution is 2.16. The third kappa shape index (κ3) is 64.9. The van der Waals surface area contributed by atoms with Crippen LogP contribution in [-0.4, -0.2) is 37.2 Å². The second kappa shape index (κ2) is 67.6. The Kier molecular flexibility index (Phi) is 64.3. The predicted molar refractivity (Wildman–Crippen MR) is 348 cm³/mol. The van der Waals surface area contributed by atoms with Crippen molar-refractivity contribution in [3.05, 3.63) is 109 Å². The summed E-state index contributed by atoms with van der Waals surface area (Å²) in [4.78, 5) is 38.1. The highest BCUT2D eigenvalue weighted by atomic mass is 16.6. The van der Waals surface area contributed by atoms with Crippen LogP contribution in [0.2, 0.25) is 0 Å². The van der Waals surface area contributed by atoms with Gasteiger partial charge < -0.3 is 14.2 Å². The van der Waals surface area contributed by atoms with Crippen molar-refractivity contribution in [3.63, 3.8) is 0 Å². The molecule has 0 amide bonds. The van der Waals surface area contributed by atoms with E-state index in [1.54, 1.807) is 0 Å². The van der Waals surface area contributed by atoms with Crippen LogP contribution in [-0.2, 0) is 28.6 Å². The van der Waals surface area contributed by atoms with Crippen molar-refractivity contribution in [1.29, 1.82) is 0 Å². The Hall–Kier alpha value is -3.93. The molecule has 0 aliphatic carbocycles. The first kappa shape index (κ1) is 76.1. The summed E-state index contributed by atoms with van der Waals surface area (Å²) in [6, 6.07) is 0. The summed E-state index contributed by atoms with van der Waals surface area (Å²) in [7, 11) is 0. The molecule has 0 rings (SSSR count). The van der Waals surface area contributed by atoms with Gasteiger partial charge in [0, 0.05) is 19.3 Å². The molecule has 0 aromatic carbocycles. The van der Waals surface area contributed by atoms with Crippen LogP contribution >= 0.6 is 0 Å². The maximum Gasteiger partial charge on any atom is 0.306 e. The number of ether oxygens (including phenoxy) is 3. The largest absolute Gasteiger partial charge is 0.462 e. The minimum Gasteiger partial charge on any atom is -0.462 e. The SMILES string of the molecule is CC/C=C\C/C=C\C/C=C\C/C=C\C/C=C\C/C=C\CCCCCCCCCCCCCCC(=O)OCC(COC(=O)CCCCCCCC)OC(=O)CCCCCCCCCCCC/C=C\C/C=C\C/C=C\CCCCCCC. The first-order chi connectivity index (χ1) is 39.5. The lowest BCUT2D eigenvalue weighted by Crippen LogP contribution is -2.30. The molecule has 0 saturated carbocycles. The van der Waals surface area contributed by atoms with Crippen LogP contribution in [0.5, 0.6) is 0 Å². The van der Waals surface area contributed by atoms with Crippen LogP contribution in [0.3, 0.4) is 0 Å². The Morgan fingerprint density at radius 1 is 0.263 bits per heavy atom. The quantitative estimate of drug-likeness (QED) is 0.0261. The van der Waals surface area contributed by atoms with Gasteiger partial charge in [-0.15, -0.1) is 0 Å². The predicted octanol–water partition coefficient (Wildman–Crippen LogP) is 23.4. The highest BCUT2D eigenvalue weighted by molar-refractivity contribution is 5.71. The molecule has 0 spiro atoms. The summed E-state index contributed by atoms with van der Waals surface area (Å²) in [5.41, 5.74) is 0. The van der Waals surface area contributed by atoms with Gasteiger partial charge in [-0.1, -0.05) is 304 Å². The zero-order valence-electron chi connectivity index (χ0n) is 52.6. The average molecular weight is 1110 g/mol. The van der Waals surface area contributed by atoms with Crippen LogP contribution in [0.25, 0.3) is 0 Å². The van der Waals surface area contributed by atoms with Crippen molar-refractivity contribution in [2.45, 2.75) is 329 Å². The molecule has 1 unspecified atom stereocenters. The van der Waals surface area contributed by atoms with Gasteiger partial charge in [0.05, 0.1) is 0 Å². The third-order valence-corrected chi connectivity index (χ3v) is 14.5. The van der Waals surface area contributed by atoms with Crippen LogP contribution in [0.4, 0.5) is 0 Å². The van der Waals surface area contributed by atoms with Gasteiger partial charge in [-0.2, -0.15) is 0 Å². The van der Waals surface area contributed by atoms with Gasteiger partial charge in [0.1, 0.15) is 13.2 Å². The zero-order valence-corrected chi connectivity index (χ0v) is 52.6. The van der Waals surface area contributed by atoms with Crippen molar-refractivity contribution in [2.75, 3.05) is 13.2 Å². The summed E-state index contributed by atoms with van der Waals surface area (Å²) in [6.45, 7) is 6.47. The van der Waals surface area contributed by atoms with Crippen LogP contribution in [0, 0.1) is 0 Å². The summed E-state index contributed by atoms with van der Waals surface area (Å²) >= 11 is 0. The van der Waals surface area contributed by atoms with Gasteiger partial charge in [0.15, 0.2) is 6.10 Å². The summed E-state index contributed by atoms with van der Waals surface area (Å²) in [5.74, 6) is -0.885. The number of hydrogen-bond donors (Lipinski definition) is 0. The summed E-state index contributed by atoms with van der Waals surface area (Å²) < 4.78 is 16.8. The number of hydrogen-bond acceptors (Lipinski definition) is 6. The molecule has 0 aromatic heterocycles. The average Bonchev–Trinajstić information content (AvgIpc) is 3.46. The fourth-order valence-electron chi connectivity index (χ4n) is 9.45. The van der Waals surface area contributed by atoms with E-state index in [2.05, 4.69) is 130 Å². The zero-order chi connectivity index (χ0) is 57.8. The van der Waals surface area contributed by atoms with Gasteiger partial charge in [-0.25, -0.2) is 0 Å². The monoisotopic (exact) mass is 1110 g/mol. The minimum atomic E-state index is -0.779. The number of carbonyl (C=O) groups is 3. The Morgan fingerprint density at radius 3 is 0.762 bits per heavy atom. The summed E-state index contributed by atoms with van der Waals surface area (Å²) in [6.07, 6.45) is 92.8. The molecule has 6 heteroatoms. The molecular weight excluding hydrogens is 985 g/mol. The molecular formula is C74H126O6. The molecule has 0 saturated heterocycles. The molecule has 0 heterocycles. The lowest BCUT2D eigenvalue weighted by atomic mass is 10.0. The molecule has 6 nitrogen and oxygen atoms in total. The first-order valence-corrected chi connectivity index (χ1v) is 33.9. The minimum absolute atomic E-state index is 0.0787. The smallest absolute Gasteiger partial charge is 0.306 e. The van der Waals surface area contributed by atoms with Crippen molar-refractivity contribution in [3.8, 4) is 0 Å². The van der Waals surface area contributed by atoms with Crippen LogP contribution < -0.4 is 0 Å². The number of allylic oxidation sites excluding steroid dienone is 18. The highest BCUT2D eigenvalue weighted by Gasteiger charge is 2.19. The standard InChI is InChI=1S/C74H126O6/c1-4-7-10-13-16-18-20-22-24-26-28-30-32-34-35-36-37-38-39-41-42-44-46-48-50-52-54-56-58-61-64-67-73(76)79-70-71(69-78-72(75)66-63-60-15-12-9-6-3)80-74(77)68-65-62-59-57-55-53-51-49-47-45-43-40-33-31-29-27-25-23-21-19-17-14-11-8-5-2/h7,10,16,18,21-24,27-30,33-35,37-38,40,71H,4-6,8-9,11-15,17,19-20,25-26,31-32,36,39,41-70H2,1-3H3/b10-7-,18-16-,23-21-,24-22-,29-27-,30-28-,35-34-,38-37-,40-33-. The fraction of sp³-hybridized carbons (Fsp3) is 0.716. The van der Waals surface area contributed by atoms with E-state index in [9.17, 15) is 14.4 Å². The lowest BCUT2D eigenvalue weighted by Gasteiger charge is -2.18.